The summed E-state index contributed by atoms with van der Waals surface area (Å²) in [7, 11) is 0. The topological polar surface area (TPSA) is 102 Å². The van der Waals surface area contributed by atoms with Gasteiger partial charge in [0.1, 0.15) is 5.69 Å². The van der Waals surface area contributed by atoms with E-state index in [4.69, 9.17) is 18.0 Å². The predicted molar refractivity (Wildman–Crippen MR) is 129 cm³/mol. The molecule has 0 atom stereocenters. The molecule has 0 fully saturated rings. The van der Waals surface area contributed by atoms with Crippen LogP contribution in [0.1, 0.15) is 5.56 Å². The number of hydrogen-bond donors (Lipinski definition) is 2. The largest absolute Gasteiger partial charge is 0.369 e. The van der Waals surface area contributed by atoms with Gasteiger partial charge in [-0.05, 0) is 48.3 Å². The number of carbonyl (C=O) groups excluding carboxylic acids is 1. The number of thiocarbonyl (C=S) groups is 1. The first kappa shape index (κ1) is 22.3. The number of hydrogen-bond acceptors (Lipinski definition) is 5. The van der Waals surface area contributed by atoms with Gasteiger partial charge in [-0.25, -0.2) is 0 Å². The highest BCUT2D eigenvalue weighted by atomic mass is 32.2. The lowest BCUT2D eigenvalue weighted by Crippen LogP contribution is -2.32. The SMILES string of the molecule is CSc1ccccc1N(C(=S)Nc1ccccc1[N+](=O)[O-])c1ccccc1CC(N)=O. The Morgan fingerprint density at radius 2 is 1.68 bits per heavy atom. The third-order valence-corrected chi connectivity index (χ3v) is 5.54. The van der Waals surface area contributed by atoms with Gasteiger partial charge in [-0.1, -0.05) is 42.5 Å². The van der Waals surface area contributed by atoms with Gasteiger partial charge in [0.05, 0.1) is 22.7 Å². The molecule has 3 rings (SSSR count). The fraction of sp³-hybridized carbons (Fsp3) is 0.0909. The van der Waals surface area contributed by atoms with Gasteiger partial charge in [-0.3, -0.25) is 19.8 Å². The number of nitro benzene ring substituents is 1. The Morgan fingerprint density at radius 3 is 2.35 bits per heavy atom. The van der Waals surface area contributed by atoms with Crippen molar-refractivity contribution < 1.29 is 9.72 Å². The smallest absolute Gasteiger partial charge is 0.292 e. The molecule has 0 aliphatic heterocycles. The van der Waals surface area contributed by atoms with Crippen LogP contribution in [0.15, 0.2) is 77.7 Å². The highest BCUT2D eigenvalue weighted by molar-refractivity contribution is 7.98. The molecule has 3 aromatic carbocycles. The predicted octanol–water partition coefficient (Wildman–Crippen LogP) is 4.88. The van der Waals surface area contributed by atoms with Gasteiger partial charge in [0.25, 0.3) is 5.69 Å². The van der Waals surface area contributed by atoms with Crippen LogP contribution >= 0.6 is 24.0 Å². The molecular weight excluding hydrogens is 432 g/mol. The van der Waals surface area contributed by atoms with E-state index in [1.807, 2.05) is 54.8 Å². The van der Waals surface area contributed by atoms with Crippen LogP contribution in [0.4, 0.5) is 22.7 Å². The number of nitrogens with zero attached hydrogens (tertiary/aromatic N) is 2. The number of amides is 1. The summed E-state index contributed by atoms with van der Waals surface area (Å²) in [5.74, 6) is -0.469. The van der Waals surface area contributed by atoms with Gasteiger partial charge in [-0.2, -0.15) is 0 Å². The maximum Gasteiger partial charge on any atom is 0.292 e. The second-order valence-corrected chi connectivity index (χ2v) is 7.72. The number of nitrogens with two attached hydrogens (primary N) is 1. The molecule has 0 saturated carbocycles. The van der Waals surface area contributed by atoms with E-state index in [0.29, 0.717) is 11.3 Å². The van der Waals surface area contributed by atoms with Crippen molar-refractivity contribution >= 4 is 57.7 Å². The summed E-state index contributed by atoms with van der Waals surface area (Å²) in [6, 6.07) is 21.2. The number of para-hydroxylation sites is 4. The van der Waals surface area contributed by atoms with Gasteiger partial charge >= 0.3 is 0 Å². The summed E-state index contributed by atoms with van der Waals surface area (Å²) in [6.07, 6.45) is 1.98. The fourth-order valence-electron chi connectivity index (χ4n) is 3.14. The zero-order valence-electron chi connectivity index (χ0n) is 16.6. The Hall–Kier alpha value is -3.43. The van der Waals surface area contributed by atoms with Crippen LogP contribution in [0.25, 0.3) is 0 Å². The molecule has 0 aliphatic carbocycles. The lowest BCUT2D eigenvalue weighted by atomic mass is 10.1. The van der Waals surface area contributed by atoms with E-state index in [-0.39, 0.29) is 22.9 Å². The summed E-state index contributed by atoms with van der Waals surface area (Å²) in [5, 5.41) is 14.7. The zero-order valence-corrected chi connectivity index (χ0v) is 18.3. The Balaban J connectivity index is 2.13. The van der Waals surface area contributed by atoms with Crippen LogP contribution in [0, 0.1) is 10.1 Å². The van der Waals surface area contributed by atoms with Crippen molar-refractivity contribution in [2.24, 2.45) is 5.73 Å². The van der Waals surface area contributed by atoms with Crippen LogP contribution in [0.2, 0.25) is 0 Å². The number of rotatable bonds is 7. The van der Waals surface area contributed by atoms with Crippen molar-refractivity contribution in [1.29, 1.82) is 0 Å². The van der Waals surface area contributed by atoms with Gasteiger partial charge in [-0.15, -0.1) is 11.8 Å². The molecule has 0 aliphatic rings. The molecule has 0 spiro atoms. The maximum absolute atomic E-state index is 11.7. The highest BCUT2D eigenvalue weighted by Gasteiger charge is 2.23. The van der Waals surface area contributed by atoms with Crippen molar-refractivity contribution in [1.82, 2.24) is 0 Å². The molecule has 0 aromatic heterocycles. The van der Waals surface area contributed by atoms with Crippen molar-refractivity contribution in [3.63, 3.8) is 0 Å². The third-order valence-electron chi connectivity index (χ3n) is 4.47. The Labute approximate surface area is 189 Å². The Morgan fingerprint density at radius 1 is 1.06 bits per heavy atom. The van der Waals surface area contributed by atoms with Crippen molar-refractivity contribution in [2.75, 3.05) is 16.5 Å². The average molecular weight is 453 g/mol. The summed E-state index contributed by atoms with van der Waals surface area (Å²) >= 11 is 7.26. The van der Waals surface area contributed by atoms with Gasteiger partial charge < -0.3 is 11.1 Å². The Bertz CT molecular complexity index is 1140. The van der Waals surface area contributed by atoms with Gasteiger partial charge in [0.2, 0.25) is 5.91 Å². The first-order valence-corrected chi connectivity index (χ1v) is 10.9. The van der Waals surface area contributed by atoms with Gasteiger partial charge in [0.15, 0.2) is 5.11 Å². The number of anilines is 3. The molecule has 7 nitrogen and oxygen atoms in total. The number of benzene rings is 3. The summed E-state index contributed by atoms with van der Waals surface area (Å²) in [6.45, 7) is 0. The van der Waals surface area contributed by atoms with E-state index >= 15 is 0 Å². The summed E-state index contributed by atoms with van der Waals surface area (Å²) in [4.78, 5) is 25.4. The molecule has 3 N–H and O–H groups in total. The van der Waals surface area contributed by atoms with Crippen LogP contribution < -0.4 is 16.0 Å². The molecule has 158 valence electrons. The van der Waals surface area contributed by atoms with Crippen molar-refractivity contribution in [2.45, 2.75) is 11.3 Å². The maximum atomic E-state index is 11.7. The molecular formula is C22H20N4O3S2. The number of nitrogens with one attached hydrogen (secondary N) is 1. The summed E-state index contributed by atoms with van der Waals surface area (Å²) in [5.41, 5.74) is 7.78. The van der Waals surface area contributed by atoms with Crippen LogP contribution in [0.5, 0.6) is 0 Å². The van der Waals surface area contributed by atoms with E-state index in [0.717, 1.165) is 10.6 Å². The monoisotopic (exact) mass is 452 g/mol. The van der Waals surface area contributed by atoms with Crippen LogP contribution in [-0.2, 0) is 11.2 Å². The van der Waals surface area contributed by atoms with Crippen molar-refractivity contribution in [3.05, 3.63) is 88.5 Å². The first-order chi connectivity index (χ1) is 14.9. The minimum Gasteiger partial charge on any atom is -0.369 e. The van der Waals surface area contributed by atoms with E-state index in [1.54, 1.807) is 34.9 Å². The number of nitro groups is 1. The molecule has 0 radical (unpaired) electrons. The zero-order chi connectivity index (χ0) is 22.4. The lowest BCUT2D eigenvalue weighted by Gasteiger charge is -2.29. The van der Waals surface area contributed by atoms with E-state index in [1.165, 1.54) is 6.07 Å². The number of primary amides is 1. The van der Waals surface area contributed by atoms with E-state index < -0.39 is 10.8 Å². The summed E-state index contributed by atoms with van der Waals surface area (Å²) < 4.78 is 0. The fourth-order valence-corrected chi connectivity index (χ4v) is 4.03. The van der Waals surface area contributed by atoms with E-state index in [9.17, 15) is 14.9 Å². The van der Waals surface area contributed by atoms with Gasteiger partial charge in [0, 0.05) is 11.0 Å². The molecule has 1 amide bonds. The molecule has 0 unspecified atom stereocenters. The number of carbonyl (C=O) groups is 1. The third kappa shape index (κ3) is 5.19. The number of thioether (sulfide) groups is 1. The minimum absolute atomic E-state index is 0.0300. The normalized spacial score (nSPS) is 10.4. The highest BCUT2D eigenvalue weighted by Crippen LogP contribution is 2.36. The second-order valence-electron chi connectivity index (χ2n) is 6.48. The van der Waals surface area contributed by atoms with Crippen LogP contribution in [-0.4, -0.2) is 22.2 Å². The Kier molecular flexibility index (Phi) is 7.22. The molecule has 0 heterocycles. The molecule has 0 saturated heterocycles. The molecule has 3 aromatic rings. The molecule has 0 bridgehead atoms. The second kappa shape index (κ2) is 10.1. The minimum atomic E-state index is -0.469. The average Bonchev–Trinajstić information content (AvgIpc) is 2.75. The van der Waals surface area contributed by atoms with E-state index in [2.05, 4.69) is 5.32 Å². The first-order valence-electron chi connectivity index (χ1n) is 9.26. The standard InChI is InChI=1S/C22H20N4O3S2/c1-31-20-13-7-6-12-19(20)25(17-10-4-2-8-15(17)14-21(23)27)22(30)24-16-9-3-5-11-18(16)26(28)29/h2-13H,14H2,1H3,(H2,23,27)(H,24,30). The quantitative estimate of drug-likeness (QED) is 0.228. The van der Waals surface area contributed by atoms with Crippen LogP contribution in [0.3, 0.4) is 0 Å². The lowest BCUT2D eigenvalue weighted by molar-refractivity contribution is -0.383. The molecule has 31 heavy (non-hydrogen) atoms. The molecule has 9 heteroatoms. The van der Waals surface area contributed by atoms with Crippen molar-refractivity contribution in [3.8, 4) is 0 Å².